The Kier molecular flexibility index (Phi) is 3.04. The van der Waals surface area contributed by atoms with Crippen LogP contribution in [0.25, 0.3) is 0 Å². The minimum absolute atomic E-state index is 0.0132. The Morgan fingerprint density at radius 2 is 1.82 bits per heavy atom. The molecule has 1 aliphatic rings. The van der Waals surface area contributed by atoms with Crippen LogP contribution in [0.1, 0.15) is 17.0 Å². The molecule has 0 aliphatic carbocycles. The molecular formula is C16H12N2O4. The summed E-state index contributed by atoms with van der Waals surface area (Å²) in [5.74, 6) is -0.801. The van der Waals surface area contributed by atoms with Crippen LogP contribution in [0.5, 0.6) is 23.0 Å². The number of aromatic hydroxyl groups is 3. The van der Waals surface area contributed by atoms with E-state index < -0.39 is 5.92 Å². The number of rotatable bonds is 1. The standard InChI is InChI=1S/C16H12N2O4/c17-7-11-15(8-1-4-12(20)13(21)5-8)10-3-2-9(19)6-14(10)22-16(11)18/h1-6,15,19-21H,18H2/t15-/m0/s1. The quantitative estimate of drug-likeness (QED) is 0.598. The van der Waals surface area contributed by atoms with Crippen molar-refractivity contribution in [2.45, 2.75) is 5.92 Å². The number of benzene rings is 2. The molecule has 110 valence electrons. The minimum Gasteiger partial charge on any atom is -0.508 e. The van der Waals surface area contributed by atoms with Gasteiger partial charge in [0.2, 0.25) is 5.88 Å². The molecule has 1 aliphatic heterocycles. The molecule has 5 N–H and O–H groups in total. The van der Waals surface area contributed by atoms with Gasteiger partial charge in [-0.3, -0.25) is 0 Å². The second-order valence-corrected chi connectivity index (χ2v) is 4.90. The molecule has 6 heteroatoms. The predicted molar refractivity (Wildman–Crippen MR) is 77.2 cm³/mol. The van der Waals surface area contributed by atoms with Gasteiger partial charge in [0.05, 0.1) is 5.92 Å². The number of phenols is 3. The molecule has 1 atom stereocenters. The summed E-state index contributed by atoms with van der Waals surface area (Å²) >= 11 is 0. The molecule has 2 aromatic carbocycles. The van der Waals surface area contributed by atoms with Gasteiger partial charge in [-0.2, -0.15) is 5.26 Å². The van der Waals surface area contributed by atoms with Crippen molar-refractivity contribution in [2.24, 2.45) is 5.73 Å². The Labute approximate surface area is 125 Å². The molecule has 0 radical (unpaired) electrons. The van der Waals surface area contributed by atoms with E-state index in [9.17, 15) is 20.6 Å². The average Bonchev–Trinajstić information content (AvgIpc) is 2.48. The Morgan fingerprint density at radius 3 is 2.50 bits per heavy atom. The van der Waals surface area contributed by atoms with Crippen molar-refractivity contribution in [2.75, 3.05) is 0 Å². The molecule has 0 amide bonds. The lowest BCUT2D eigenvalue weighted by molar-refractivity contribution is 0.387. The molecule has 2 aromatic rings. The van der Waals surface area contributed by atoms with Crippen molar-refractivity contribution in [1.29, 1.82) is 5.26 Å². The summed E-state index contributed by atoms with van der Waals surface area (Å²) in [7, 11) is 0. The largest absolute Gasteiger partial charge is 0.508 e. The van der Waals surface area contributed by atoms with Crippen LogP contribution >= 0.6 is 0 Å². The van der Waals surface area contributed by atoms with Gasteiger partial charge in [-0.15, -0.1) is 0 Å². The fourth-order valence-corrected chi connectivity index (χ4v) is 2.51. The summed E-state index contributed by atoms with van der Waals surface area (Å²) in [5, 5.41) is 38.1. The molecule has 0 saturated heterocycles. The highest BCUT2D eigenvalue weighted by Gasteiger charge is 2.31. The summed E-state index contributed by atoms with van der Waals surface area (Å²) in [5.41, 5.74) is 7.20. The van der Waals surface area contributed by atoms with E-state index in [2.05, 4.69) is 0 Å². The Balaban J connectivity index is 2.23. The first-order valence-corrected chi connectivity index (χ1v) is 6.43. The van der Waals surface area contributed by atoms with Crippen molar-refractivity contribution in [3.05, 3.63) is 59.0 Å². The summed E-state index contributed by atoms with van der Waals surface area (Å²) in [6.07, 6.45) is 0. The van der Waals surface area contributed by atoms with E-state index in [4.69, 9.17) is 10.5 Å². The third kappa shape index (κ3) is 2.05. The van der Waals surface area contributed by atoms with Crippen LogP contribution in [0.15, 0.2) is 47.9 Å². The number of hydrogen-bond acceptors (Lipinski definition) is 6. The third-order valence-corrected chi connectivity index (χ3v) is 3.54. The molecular weight excluding hydrogens is 284 g/mol. The number of nitriles is 1. The lowest BCUT2D eigenvalue weighted by Crippen LogP contribution is -2.20. The van der Waals surface area contributed by atoms with E-state index in [-0.39, 0.29) is 28.7 Å². The van der Waals surface area contributed by atoms with Crippen molar-refractivity contribution >= 4 is 0 Å². The zero-order chi connectivity index (χ0) is 15.9. The van der Waals surface area contributed by atoms with Crippen molar-refractivity contribution in [1.82, 2.24) is 0 Å². The highest BCUT2D eigenvalue weighted by molar-refractivity contribution is 5.58. The molecule has 3 rings (SSSR count). The van der Waals surface area contributed by atoms with Gasteiger partial charge >= 0.3 is 0 Å². The van der Waals surface area contributed by atoms with Crippen LogP contribution in [0.3, 0.4) is 0 Å². The number of allylic oxidation sites excluding steroid dienone is 1. The molecule has 0 saturated carbocycles. The molecule has 6 nitrogen and oxygen atoms in total. The number of fused-ring (bicyclic) bond motifs is 1. The van der Waals surface area contributed by atoms with Gasteiger partial charge in [0.15, 0.2) is 11.5 Å². The second kappa shape index (κ2) is 4.90. The first-order chi connectivity index (χ1) is 10.5. The maximum Gasteiger partial charge on any atom is 0.205 e. The number of phenolic OH excluding ortho intramolecular Hbond substituents is 3. The van der Waals surface area contributed by atoms with Gasteiger partial charge in [0.25, 0.3) is 0 Å². The smallest absolute Gasteiger partial charge is 0.205 e. The van der Waals surface area contributed by atoms with Crippen LogP contribution in [-0.4, -0.2) is 15.3 Å². The van der Waals surface area contributed by atoms with Crippen LogP contribution in [0, 0.1) is 11.3 Å². The van der Waals surface area contributed by atoms with Crippen LogP contribution in [0.2, 0.25) is 0 Å². The van der Waals surface area contributed by atoms with E-state index in [1.165, 1.54) is 24.3 Å². The maximum atomic E-state index is 9.70. The van der Waals surface area contributed by atoms with E-state index in [0.717, 1.165) is 0 Å². The van der Waals surface area contributed by atoms with Gasteiger partial charge in [-0.25, -0.2) is 0 Å². The first kappa shape index (κ1) is 13.6. The van der Waals surface area contributed by atoms with Crippen molar-refractivity contribution in [3.8, 4) is 29.1 Å². The van der Waals surface area contributed by atoms with E-state index in [1.807, 2.05) is 6.07 Å². The fourth-order valence-electron chi connectivity index (χ4n) is 2.51. The predicted octanol–water partition coefficient (Wildman–Crippen LogP) is 2.02. The first-order valence-electron chi connectivity index (χ1n) is 6.43. The highest BCUT2D eigenvalue weighted by atomic mass is 16.5. The molecule has 0 unspecified atom stereocenters. The second-order valence-electron chi connectivity index (χ2n) is 4.90. The van der Waals surface area contributed by atoms with Gasteiger partial charge in [-0.1, -0.05) is 12.1 Å². The fraction of sp³-hybridized carbons (Fsp3) is 0.0625. The van der Waals surface area contributed by atoms with Crippen molar-refractivity contribution < 1.29 is 20.1 Å². The normalized spacial score (nSPS) is 16.6. The molecule has 0 bridgehead atoms. The van der Waals surface area contributed by atoms with E-state index in [0.29, 0.717) is 16.9 Å². The number of nitrogens with zero attached hydrogens (tertiary/aromatic N) is 1. The zero-order valence-corrected chi connectivity index (χ0v) is 11.3. The maximum absolute atomic E-state index is 9.70. The molecule has 1 heterocycles. The Morgan fingerprint density at radius 1 is 1.05 bits per heavy atom. The van der Waals surface area contributed by atoms with Crippen molar-refractivity contribution in [3.63, 3.8) is 0 Å². The SMILES string of the molecule is N#CC1=C(N)Oc2cc(O)ccc2[C@@H]1c1ccc(O)c(O)c1. The highest BCUT2D eigenvalue weighted by Crippen LogP contribution is 2.44. The van der Waals surface area contributed by atoms with Gasteiger partial charge in [-0.05, 0) is 23.8 Å². The number of nitrogens with two attached hydrogens (primary N) is 1. The Hall–Kier alpha value is -3.33. The monoisotopic (exact) mass is 296 g/mol. The molecule has 0 fully saturated rings. The number of hydrogen-bond donors (Lipinski definition) is 4. The summed E-state index contributed by atoms with van der Waals surface area (Å²) in [4.78, 5) is 0. The minimum atomic E-state index is -0.555. The molecule has 22 heavy (non-hydrogen) atoms. The average molecular weight is 296 g/mol. The van der Waals surface area contributed by atoms with E-state index >= 15 is 0 Å². The Bertz CT molecular complexity index is 837. The molecule has 0 spiro atoms. The zero-order valence-electron chi connectivity index (χ0n) is 11.3. The van der Waals surface area contributed by atoms with Crippen LogP contribution < -0.4 is 10.5 Å². The summed E-state index contributed by atoms with van der Waals surface area (Å²) in [6.45, 7) is 0. The van der Waals surface area contributed by atoms with Crippen LogP contribution in [0.4, 0.5) is 0 Å². The summed E-state index contributed by atoms with van der Waals surface area (Å²) in [6, 6.07) is 10.8. The third-order valence-electron chi connectivity index (χ3n) is 3.54. The lowest BCUT2D eigenvalue weighted by Gasteiger charge is -2.26. The molecule has 0 aromatic heterocycles. The van der Waals surface area contributed by atoms with E-state index in [1.54, 1.807) is 12.1 Å². The lowest BCUT2D eigenvalue weighted by atomic mass is 9.83. The topological polar surface area (TPSA) is 120 Å². The number of ether oxygens (including phenoxy) is 1. The van der Waals surface area contributed by atoms with Gasteiger partial charge in [0.1, 0.15) is 23.1 Å². The summed E-state index contributed by atoms with van der Waals surface area (Å²) < 4.78 is 5.38. The van der Waals surface area contributed by atoms with Crippen LogP contribution in [-0.2, 0) is 0 Å². The van der Waals surface area contributed by atoms with Gasteiger partial charge < -0.3 is 25.8 Å². The van der Waals surface area contributed by atoms with Gasteiger partial charge in [0, 0.05) is 11.6 Å².